The summed E-state index contributed by atoms with van der Waals surface area (Å²) in [5.41, 5.74) is 0. The zero-order valence-electron chi connectivity index (χ0n) is 6.84. The van der Waals surface area contributed by atoms with Gasteiger partial charge in [-0.05, 0) is 26.2 Å². The van der Waals surface area contributed by atoms with E-state index in [9.17, 15) is 4.79 Å². The Kier molecular flexibility index (Phi) is 2.88. The third-order valence-electron chi connectivity index (χ3n) is 2.02. The lowest BCUT2D eigenvalue weighted by Crippen LogP contribution is -2.25. The number of nitrogens with one attached hydrogen (secondary N) is 1. The van der Waals surface area contributed by atoms with Crippen molar-refractivity contribution in [2.75, 3.05) is 0 Å². The van der Waals surface area contributed by atoms with Gasteiger partial charge >= 0.3 is 0 Å². The average molecular weight is 157 g/mol. The van der Waals surface area contributed by atoms with Gasteiger partial charge in [0.2, 0.25) is 5.91 Å². The molecular formula is C8H15NO2. The van der Waals surface area contributed by atoms with Crippen LogP contribution in [0.1, 0.15) is 32.6 Å². The van der Waals surface area contributed by atoms with E-state index in [-0.39, 0.29) is 12.0 Å². The maximum Gasteiger partial charge on any atom is 0.220 e. The van der Waals surface area contributed by atoms with E-state index in [2.05, 4.69) is 5.32 Å². The number of amides is 1. The van der Waals surface area contributed by atoms with E-state index < -0.39 is 0 Å². The fraction of sp³-hybridized carbons (Fsp3) is 0.875. The van der Waals surface area contributed by atoms with Crippen molar-refractivity contribution in [2.24, 2.45) is 0 Å². The first-order chi connectivity index (χ1) is 5.18. The highest BCUT2D eigenvalue weighted by molar-refractivity contribution is 5.78. The highest BCUT2D eigenvalue weighted by atomic mass is 16.3. The van der Waals surface area contributed by atoms with Crippen LogP contribution in [0.4, 0.5) is 0 Å². The average Bonchev–Trinajstić information content (AvgIpc) is 2.31. The number of hydrogen-bond donors (Lipinski definition) is 2. The number of aliphatic hydroxyl groups is 1. The second-order valence-electron chi connectivity index (χ2n) is 3.23. The Balaban J connectivity index is 2.13. The SMILES string of the molecule is CC(O)CCC1CCC(=O)N1. The molecule has 0 aromatic heterocycles. The molecule has 1 rings (SSSR count). The van der Waals surface area contributed by atoms with Gasteiger partial charge in [-0.2, -0.15) is 0 Å². The van der Waals surface area contributed by atoms with E-state index in [1.165, 1.54) is 0 Å². The van der Waals surface area contributed by atoms with Crippen molar-refractivity contribution >= 4 is 5.91 Å². The van der Waals surface area contributed by atoms with Crippen LogP contribution in [0.3, 0.4) is 0 Å². The first kappa shape index (κ1) is 8.53. The topological polar surface area (TPSA) is 49.3 Å². The molecule has 0 aromatic carbocycles. The lowest BCUT2D eigenvalue weighted by molar-refractivity contribution is -0.119. The van der Waals surface area contributed by atoms with Crippen molar-refractivity contribution in [3.63, 3.8) is 0 Å². The van der Waals surface area contributed by atoms with Crippen molar-refractivity contribution in [3.05, 3.63) is 0 Å². The monoisotopic (exact) mass is 157 g/mol. The Morgan fingerprint density at radius 2 is 2.55 bits per heavy atom. The number of carbonyl (C=O) groups is 1. The molecule has 1 aliphatic heterocycles. The molecule has 1 heterocycles. The molecule has 2 atom stereocenters. The van der Waals surface area contributed by atoms with Gasteiger partial charge < -0.3 is 10.4 Å². The first-order valence-corrected chi connectivity index (χ1v) is 4.16. The van der Waals surface area contributed by atoms with Crippen LogP contribution in [-0.4, -0.2) is 23.2 Å². The summed E-state index contributed by atoms with van der Waals surface area (Å²) < 4.78 is 0. The molecule has 0 bridgehead atoms. The van der Waals surface area contributed by atoms with E-state index in [4.69, 9.17) is 5.11 Å². The summed E-state index contributed by atoms with van der Waals surface area (Å²) in [6.07, 6.45) is 3.04. The Hall–Kier alpha value is -0.570. The zero-order valence-corrected chi connectivity index (χ0v) is 6.84. The van der Waals surface area contributed by atoms with Crippen LogP contribution in [-0.2, 0) is 4.79 Å². The largest absolute Gasteiger partial charge is 0.393 e. The number of rotatable bonds is 3. The lowest BCUT2D eigenvalue weighted by atomic mass is 10.1. The fourth-order valence-electron chi connectivity index (χ4n) is 1.34. The van der Waals surface area contributed by atoms with Gasteiger partial charge in [-0.15, -0.1) is 0 Å². The summed E-state index contributed by atoms with van der Waals surface area (Å²) in [4.78, 5) is 10.7. The second kappa shape index (κ2) is 3.72. The predicted molar refractivity (Wildman–Crippen MR) is 42.1 cm³/mol. The molecule has 3 nitrogen and oxygen atoms in total. The van der Waals surface area contributed by atoms with Crippen molar-refractivity contribution in [3.8, 4) is 0 Å². The first-order valence-electron chi connectivity index (χ1n) is 4.16. The molecular weight excluding hydrogens is 142 g/mol. The Labute approximate surface area is 66.8 Å². The third kappa shape index (κ3) is 2.89. The Bertz CT molecular complexity index is 145. The minimum Gasteiger partial charge on any atom is -0.393 e. The second-order valence-corrected chi connectivity index (χ2v) is 3.23. The van der Waals surface area contributed by atoms with Crippen LogP contribution in [0, 0.1) is 0 Å². The molecule has 11 heavy (non-hydrogen) atoms. The molecule has 1 saturated heterocycles. The number of aliphatic hydroxyl groups excluding tert-OH is 1. The van der Waals surface area contributed by atoms with Gasteiger partial charge in [-0.1, -0.05) is 0 Å². The minimum atomic E-state index is -0.243. The normalized spacial score (nSPS) is 26.7. The van der Waals surface area contributed by atoms with Gasteiger partial charge in [0.25, 0.3) is 0 Å². The summed E-state index contributed by atoms with van der Waals surface area (Å²) >= 11 is 0. The minimum absolute atomic E-state index is 0.153. The summed E-state index contributed by atoms with van der Waals surface area (Å²) in [5.74, 6) is 0.153. The standard InChI is InChI=1S/C8H15NO2/c1-6(10)2-3-7-4-5-8(11)9-7/h6-7,10H,2-5H2,1H3,(H,9,11). The van der Waals surface area contributed by atoms with Gasteiger partial charge in [0.15, 0.2) is 0 Å². The summed E-state index contributed by atoms with van der Waals surface area (Å²) in [5, 5.41) is 11.8. The van der Waals surface area contributed by atoms with Gasteiger partial charge in [-0.25, -0.2) is 0 Å². The molecule has 64 valence electrons. The van der Waals surface area contributed by atoms with Crippen molar-refractivity contribution in [1.29, 1.82) is 0 Å². The van der Waals surface area contributed by atoms with Gasteiger partial charge in [-0.3, -0.25) is 4.79 Å². The Morgan fingerprint density at radius 1 is 1.82 bits per heavy atom. The zero-order chi connectivity index (χ0) is 8.27. The molecule has 0 spiro atoms. The molecule has 0 aromatic rings. The molecule has 0 saturated carbocycles. The van der Waals surface area contributed by atoms with Crippen molar-refractivity contribution in [1.82, 2.24) is 5.32 Å². The highest BCUT2D eigenvalue weighted by Crippen LogP contribution is 2.12. The Morgan fingerprint density at radius 3 is 3.00 bits per heavy atom. The molecule has 2 unspecified atom stereocenters. The van der Waals surface area contributed by atoms with Gasteiger partial charge in [0.05, 0.1) is 6.10 Å². The molecule has 3 heteroatoms. The van der Waals surface area contributed by atoms with E-state index in [0.29, 0.717) is 12.5 Å². The highest BCUT2D eigenvalue weighted by Gasteiger charge is 2.20. The van der Waals surface area contributed by atoms with E-state index >= 15 is 0 Å². The third-order valence-corrected chi connectivity index (χ3v) is 2.02. The number of hydrogen-bond acceptors (Lipinski definition) is 2. The number of carbonyl (C=O) groups excluding carboxylic acids is 1. The molecule has 1 aliphatic rings. The summed E-state index contributed by atoms with van der Waals surface area (Å²) in [6.45, 7) is 1.77. The molecule has 2 N–H and O–H groups in total. The van der Waals surface area contributed by atoms with Gasteiger partial charge in [0, 0.05) is 12.5 Å². The van der Waals surface area contributed by atoms with Crippen LogP contribution in [0.15, 0.2) is 0 Å². The molecule has 0 aliphatic carbocycles. The fourth-order valence-corrected chi connectivity index (χ4v) is 1.34. The summed E-state index contributed by atoms with van der Waals surface area (Å²) in [6, 6.07) is 0.317. The smallest absolute Gasteiger partial charge is 0.220 e. The quantitative estimate of drug-likeness (QED) is 0.624. The van der Waals surface area contributed by atoms with E-state index in [1.807, 2.05) is 0 Å². The van der Waals surface area contributed by atoms with Crippen LogP contribution in [0.2, 0.25) is 0 Å². The van der Waals surface area contributed by atoms with E-state index in [1.54, 1.807) is 6.92 Å². The van der Waals surface area contributed by atoms with E-state index in [0.717, 1.165) is 19.3 Å². The predicted octanol–water partition coefficient (Wildman–Crippen LogP) is 0.426. The van der Waals surface area contributed by atoms with Crippen LogP contribution >= 0.6 is 0 Å². The van der Waals surface area contributed by atoms with Crippen molar-refractivity contribution < 1.29 is 9.90 Å². The lowest BCUT2D eigenvalue weighted by Gasteiger charge is -2.10. The summed E-state index contributed by atoms with van der Waals surface area (Å²) in [7, 11) is 0. The molecule has 0 radical (unpaired) electrons. The van der Waals surface area contributed by atoms with Crippen LogP contribution in [0.5, 0.6) is 0 Å². The maximum absolute atomic E-state index is 10.7. The molecule has 1 amide bonds. The maximum atomic E-state index is 10.7. The van der Waals surface area contributed by atoms with Crippen LogP contribution < -0.4 is 5.32 Å². The molecule has 1 fully saturated rings. The van der Waals surface area contributed by atoms with Crippen molar-refractivity contribution in [2.45, 2.75) is 44.8 Å². The van der Waals surface area contributed by atoms with Gasteiger partial charge in [0.1, 0.15) is 0 Å². The van der Waals surface area contributed by atoms with Crippen LogP contribution in [0.25, 0.3) is 0 Å².